The lowest BCUT2D eigenvalue weighted by Gasteiger charge is -2.10. The molecule has 1 aromatic carbocycles. The van der Waals surface area contributed by atoms with Crippen molar-refractivity contribution in [2.45, 2.75) is 12.8 Å². The van der Waals surface area contributed by atoms with Gasteiger partial charge in [0.05, 0.1) is 12.1 Å². The van der Waals surface area contributed by atoms with E-state index in [4.69, 9.17) is 9.52 Å². The Bertz CT molecular complexity index is 491. The highest BCUT2D eigenvalue weighted by molar-refractivity contribution is 5.79. The third-order valence-corrected chi connectivity index (χ3v) is 2.46. The van der Waals surface area contributed by atoms with Crippen LogP contribution in [0.3, 0.4) is 0 Å². The second kappa shape index (κ2) is 4.18. The van der Waals surface area contributed by atoms with Crippen molar-refractivity contribution in [3.05, 3.63) is 42.3 Å². The first-order chi connectivity index (χ1) is 7.70. The minimum Gasteiger partial charge on any atom is -0.481 e. The number of hydrogen-bond acceptors (Lipinski definition) is 3. The molecule has 2 aromatic rings. The molecule has 82 valence electrons. The molecule has 4 nitrogen and oxygen atoms in total. The molecule has 0 aliphatic carbocycles. The average molecular weight is 217 g/mol. The van der Waals surface area contributed by atoms with Crippen molar-refractivity contribution in [2.24, 2.45) is 0 Å². The molecule has 1 aromatic heterocycles. The highest BCUT2D eigenvalue weighted by atomic mass is 16.4. The maximum Gasteiger partial charge on any atom is 0.310 e. The zero-order valence-corrected chi connectivity index (χ0v) is 8.75. The van der Waals surface area contributed by atoms with Crippen molar-refractivity contribution in [2.75, 3.05) is 0 Å². The van der Waals surface area contributed by atoms with Crippen LogP contribution in [0.4, 0.5) is 0 Å². The summed E-state index contributed by atoms with van der Waals surface area (Å²) in [7, 11) is 0. The lowest BCUT2D eigenvalue weighted by molar-refractivity contribution is -0.138. The van der Waals surface area contributed by atoms with Gasteiger partial charge in [0.25, 0.3) is 0 Å². The fourth-order valence-electron chi connectivity index (χ4n) is 1.56. The van der Waals surface area contributed by atoms with E-state index in [1.54, 1.807) is 25.1 Å². The highest BCUT2D eigenvalue weighted by Crippen LogP contribution is 2.28. The van der Waals surface area contributed by atoms with Gasteiger partial charge in [0, 0.05) is 5.56 Å². The van der Waals surface area contributed by atoms with Crippen LogP contribution in [-0.2, 0) is 4.79 Å². The summed E-state index contributed by atoms with van der Waals surface area (Å²) in [5, 5.41) is 9.01. The Morgan fingerprint density at radius 3 is 2.81 bits per heavy atom. The second-order valence-corrected chi connectivity index (χ2v) is 3.48. The minimum atomic E-state index is -0.862. The van der Waals surface area contributed by atoms with Crippen molar-refractivity contribution in [3.63, 3.8) is 0 Å². The van der Waals surface area contributed by atoms with Crippen LogP contribution in [0.2, 0.25) is 0 Å². The molecule has 2 rings (SSSR count). The lowest BCUT2D eigenvalue weighted by atomic mass is 9.96. The zero-order chi connectivity index (χ0) is 11.5. The van der Waals surface area contributed by atoms with E-state index in [1.165, 1.54) is 12.5 Å². The van der Waals surface area contributed by atoms with Crippen LogP contribution in [0, 0.1) is 0 Å². The normalized spacial score (nSPS) is 12.3. The summed E-state index contributed by atoms with van der Waals surface area (Å²) in [4.78, 5) is 15.0. The highest BCUT2D eigenvalue weighted by Gasteiger charge is 2.19. The number of oxazole rings is 1. The minimum absolute atomic E-state index is 0.448. The first-order valence-electron chi connectivity index (χ1n) is 4.91. The van der Waals surface area contributed by atoms with E-state index in [9.17, 15) is 4.79 Å². The van der Waals surface area contributed by atoms with E-state index >= 15 is 0 Å². The van der Waals surface area contributed by atoms with Crippen LogP contribution >= 0.6 is 0 Å². The maximum atomic E-state index is 11.0. The fourth-order valence-corrected chi connectivity index (χ4v) is 1.56. The van der Waals surface area contributed by atoms with Gasteiger partial charge in [-0.05, 0) is 18.6 Å². The van der Waals surface area contributed by atoms with Crippen molar-refractivity contribution < 1.29 is 14.3 Å². The Kier molecular flexibility index (Phi) is 2.72. The molecular weight excluding hydrogens is 206 g/mol. The number of carbonyl (C=O) groups is 1. The zero-order valence-electron chi connectivity index (χ0n) is 8.75. The number of benzene rings is 1. The molecule has 0 saturated carbocycles. The maximum absolute atomic E-state index is 11.0. The molecular formula is C12H11NO3. The van der Waals surface area contributed by atoms with Gasteiger partial charge in [-0.25, -0.2) is 4.98 Å². The summed E-state index contributed by atoms with van der Waals surface area (Å²) < 4.78 is 5.19. The van der Waals surface area contributed by atoms with Gasteiger partial charge in [-0.1, -0.05) is 18.2 Å². The molecule has 1 unspecified atom stereocenters. The number of carboxylic acids is 1. The summed E-state index contributed by atoms with van der Waals surface area (Å²) in [5.41, 5.74) is 1.43. The van der Waals surface area contributed by atoms with Gasteiger partial charge in [0.15, 0.2) is 0 Å². The number of carboxylic acid groups (broad SMARTS) is 1. The van der Waals surface area contributed by atoms with E-state index in [0.29, 0.717) is 11.5 Å². The van der Waals surface area contributed by atoms with E-state index in [-0.39, 0.29) is 0 Å². The Labute approximate surface area is 92.6 Å². The third-order valence-electron chi connectivity index (χ3n) is 2.46. The van der Waals surface area contributed by atoms with E-state index < -0.39 is 11.9 Å². The Balaban J connectivity index is 2.50. The molecule has 4 heteroatoms. The first-order valence-corrected chi connectivity index (χ1v) is 4.91. The number of aliphatic carboxylic acids is 1. The molecule has 0 radical (unpaired) electrons. The topological polar surface area (TPSA) is 63.3 Å². The Morgan fingerprint density at radius 2 is 2.19 bits per heavy atom. The van der Waals surface area contributed by atoms with E-state index in [1.807, 2.05) is 6.07 Å². The Hall–Kier alpha value is -2.10. The fraction of sp³-hybridized carbons (Fsp3) is 0.167. The number of hydrogen-bond donors (Lipinski definition) is 1. The molecule has 0 spiro atoms. The van der Waals surface area contributed by atoms with E-state index in [2.05, 4.69) is 4.98 Å². The summed E-state index contributed by atoms with van der Waals surface area (Å²) >= 11 is 0. The van der Waals surface area contributed by atoms with Gasteiger partial charge in [0.1, 0.15) is 6.26 Å². The monoisotopic (exact) mass is 217 g/mol. The van der Waals surface area contributed by atoms with Crippen LogP contribution < -0.4 is 0 Å². The predicted octanol–water partition coefficient (Wildman–Crippen LogP) is 2.53. The SMILES string of the molecule is CC(C(=O)O)c1ccccc1-c1ncco1. The van der Waals surface area contributed by atoms with Crippen LogP contribution in [0.5, 0.6) is 0 Å². The Morgan fingerprint density at radius 1 is 1.44 bits per heavy atom. The van der Waals surface area contributed by atoms with Crippen LogP contribution in [-0.4, -0.2) is 16.1 Å². The molecule has 0 aliphatic heterocycles. The molecule has 0 saturated heterocycles. The average Bonchev–Trinajstić information content (AvgIpc) is 2.81. The van der Waals surface area contributed by atoms with Crippen molar-refractivity contribution in [3.8, 4) is 11.5 Å². The van der Waals surface area contributed by atoms with Crippen LogP contribution in [0.15, 0.2) is 41.1 Å². The van der Waals surface area contributed by atoms with Crippen molar-refractivity contribution in [1.82, 2.24) is 4.98 Å². The summed E-state index contributed by atoms with van der Waals surface area (Å²) in [6.45, 7) is 1.64. The van der Waals surface area contributed by atoms with Crippen LogP contribution in [0.1, 0.15) is 18.4 Å². The number of rotatable bonds is 3. The molecule has 0 bridgehead atoms. The van der Waals surface area contributed by atoms with Crippen LogP contribution in [0.25, 0.3) is 11.5 Å². The number of aromatic nitrogens is 1. The van der Waals surface area contributed by atoms with Gasteiger partial charge in [-0.3, -0.25) is 4.79 Å². The molecule has 1 N–H and O–H groups in total. The largest absolute Gasteiger partial charge is 0.481 e. The summed E-state index contributed by atoms with van der Waals surface area (Å²) in [6, 6.07) is 7.22. The van der Waals surface area contributed by atoms with Gasteiger partial charge >= 0.3 is 5.97 Å². The second-order valence-electron chi connectivity index (χ2n) is 3.48. The molecule has 1 atom stereocenters. The van der Waals surface area contributed by atoms with E-state index in [0.717, 1.165) is 5.56 Å². The molecule has 0 aliphatic rings. The lowest BCUT2D eigenvalue weighted by Crippen LogP contribution is -2.08. The molecule has 16 heavy (non-hydrogen) atoms. The predicted molar refractivity (Wildman–Crippen MR) is 58.0 cm³/mol. The van der Waals surface area contributed by atoms with Crippen molar-refractivity contribution >= 4 is 5.97 Å². The van der Waals surface area contributed by atoms with Gasteiger partial charge < -0.3 is 9.52 Å². The van der Waals surface area contributed by atoms with Gasteiger partial charge in [-0.15, -0.1) is 0 Å². The number of nitrogens with zero attached hydrogens (tertiary/aromatic N) is 1. The molecule has 0 fully saturated rings. The molecule has 0 amide bonds. The first kappa shape index (κ1) is 10.4. The summed E-state index contributed by atoms with van der Waals surface area (Å²) in [5.74, 6) is -0.995. The molecule has 1 heterocycles. The van der Waals surface area contributed by atoms with Gasteiger partial charge in [0.2, 0.25) is 5.89 Å². The third kappa shape index (κ3) is 1.82. The van der Waals surface area contributed by atoms with Gasteiger partial charge in [-0.2, -0.15) is 0 Å². The standard InChI is InChI=1S/C12H11NO3/c1-8(12(14)15)9-4-2-3-5-10(9)11-13-6-7-16-11/h2-8H,1H3,(H,14,15). The quantitative estimate of drug-likeness (QED) is 0.858. The smallest absolute Gasteiger partial charge is 0.310 e. The summed E-state index contributed by atoms with van der Waals surface area (Å²) in [6.07, 6.45) is 3.01. The van der Waals surface area contributed by atoms with Crippen molar-refractivity contribution in [1.29, 1.82) is 0 Å².